The summed E-state index contributed by atoms with van der Waals surface area (Å²) < 4.78 is 36.2. The Kier molecular flexibility index (Phi) is 7.24. The van der Waals surface area contributed by atoms with Crippen LogP contribution in [-0.4, -0.2) is 25.3 Å². The normalized spacial score (nSPS) is 10.4. The topological polar surface area (TPSA) is 66.4 Å². The second kappa shape index (κ2) is 7.57. The maximum Gasteiger partial charge on any atom is 1.00 e. The van der Waals surface area contributed by atoms with Gasteiger partial charge in [-0.15, -0.1) is 0 Å². The van der Waals surface area contributed by atoms with E-state index < -0.39 is 15.9 Å². The van der Waals surface area contributed by atoms with Crippen LogP contribution in [0.15, 0.2) is 30.8 Å². The van der Waals surface area contributed by atoms with Crippen LogP contribution in [0.4, 0.5) is 0 Å². The van der Waals surface area contributed by atoms with Crippen LogP contribution in [0.2, 0.25) is 0 Å². The number of benzene rings is 1. The number of hydrogen-bond donors (Lipinski definition) is 0. The van der Waals surface area contributed by atoms with Crippen LogP contribution in [0.5, 0.6) is 5.75 Å². The summed E-state index contributed by atoms with van der Waals surface area (Å²) in [7, 11) is -4.13. The number of rotatable bonds is 6. The summed E-state index contributed by atoms with van der Waals surface area (Å²) >= 11 is 0. The number of hydrogen-bond acceptors (Lipinski definition) is 4. The molecule has 0 aliphatic rings. The van der Waals surface area contributed by atoms with Gasteiger partial charge in [-0.3, -0.25) is 0 Å². The minimum atomic E-state index is -4.13. The Morgan fingerprint density at radius 3 is 2.35 bits per heavy atom. The average Bonchev–Trinajstić information content (AvgIpc) is 2.24. The van der Waals surface area contributed by atoms with Crippen molar-refractivity contribution in [3.05, 3.63) is 36.4 Å². The molecule has 0 bridgehead atoms. The molecule has 0 spiro atoms. The van der Waals surface area contributed by atoms with E-state index in [2.05, 4.69) is 6.58 Å². The summed E-state index contributed by atoms with van der Waals surface area (Å²) in [5.74, 6) is 0.256. The minimum Gasteiger partial charge on any atom is -0.748 e. The molecule has 0 saturated carbocycles. The summed E-state index contributed by atoms with van der Waals surface area (Å²) in [4.78, 5) is 0. The van der Waals surface area contributed by atoms with Crippen LogP contribution in [0.1, 0.15) is 12.0 Å². The van der Waals surface area contributed by atoms with Gasteiger partial charge in [0.05, 0.1) is 16.7 Å². The zero-order valence-electron chi connectivity index (χ0n) is 9.76. The molecule has 4 nitrogen and oxygen atoms in total. The molecule has 0 atom stereocenters. The molecule has 88 valence electrons. The third-order valence-corrected chi connectivity index (χ3v) is 2.71. The molecule has 0 amide bonds. The molecule has 1 rings (SSSR count). The molecule has 0 aromatic heterocycles. The molecule has 0 unspecified atom stereocenters. The third-order valence-electron chi connectivity index (χ3n) is 1.92. The van der Waals surface area contributed by atoms with Crippen LogP contribution in [0, 0.1) is 0 Å². The molecule has 17 heavy (non-hydrogen) atoms. The Hall–Kier alpha value is -0.733. The maximum absolute atomic E-state index is 10.3. The van der Waals surface area contributed by atoms with Crippen molar-refractivity contribution in [3.63, 3.8) is 0 Å². The molecule has 0 aliphatic heterocycles. The monoisotopic (exact) mass is 248 g/mol. The van der Waals surface area contributed by atoms with E-state index in [1.165, 1.54) is 0 Å². The first-order valence-corrected chi connectivity index (χ1v) is 6.38. The summed E-state index contributed by atoms with van der Waals surface area (Å²) in [6.07, 6.45) is 1.92. The first kappa shape index (κ1) is 16.3. The first-order chi connectivity index (χ1) is 7.51. The zero-order valence-corrected chi connectivity index (χ0v) is 10.6. The van der Waals surface area contributed by atoms with Crippen molar-refractivity contribution in [2.75, 3.05) is 12.4 Å². The fraction of sp³-hybridized carbons (Fsp3) is 0.273. The Balaban J connectivity index is 0.00000256. The van der Waals surface area contributed by atoms with Gasteiger partial charge in [0.2, 0.25) is 0 Å². The van der Waals surface area contributed by atoms with Crippen LogP contribution in [0.25, 0.3) is 6.08 Å². The van der Waals surface area contributed by atoms with Crippen molar-refractivity contribution in [2.24, 2.45) is 0 Å². The molecular weight excluding hydrogens is 235 g/mol. The Labute approximate surface area is 114 Å². The molecule has 0 N–H and O–H groups in total. The van der Waals surface area contributed by atoms with Crippen LogP contribution < -0.4 is 23.6 Å². The van der Waals surface area contributed by atoms with E-state index in [-0.39, 0.29) is 31.9 Å². The molecule has 0 radical (unpaired) electrons. The van der Waals surface area contributed by atoms with Crippen molar-refractivity contribution in [2.45, 2.75) is 6.42 Å². The molecule has 0 fully saturated rings. The third kappa shape index (κ3) is 7.24. The van der Waals surface area contributed by atoms with Crippen molar-refractivity contribution < 1.29 is 36.6 Å². The summed E-state index contributed by atoms with van der Waals surface area (Å²) in [6.45, 7) is 3.84. The van der Waals surface area contributed by atoms with Crippen molar-refractivity contribution >= 4 is 16.2 Å². The van der Waals surface area contributed by atoms with Gasteiger partial charge in [-0.25, -0.2) is 8.42 Å². The summed E-state index contributed by atoms with van der Waals surface area (Å²) in [5.41, 5.74) is 0.981. The fourth-order valence-electron chi connectivity index (χ4n) is 1.13. The van der Waals surface area contributed by atoms with E-state index in [1.807, 2.05) is 12.1 Å². The van der Waals surface area contributed by atoms with Gasteiger partial charge < -0.3 is 9.29 Å². The van der Waals surface area contributed by atoms with Gasteiger partial charge in [0.25, 0.3) is 0 Å². The summed E-state index contributed by atoms with van der Waals surface area (Å²) in [5, 5.41) is 0. The van der Waals surface area contributed by atoms with E-state index in [4.69, 9.17) is 4.74 Å². The SMILES string of the molecule is C=Cc1ccc(OCCCS(=O)(=O)[O-])cc1.[Li+]. The Morgan fingerprint density at radius 2 is 1.88 bits per heavy atom. The quantitative estimate of drug-likeness (QED) is 0.354. The molecule has 1 aromatic rings. The van der Waals surface area contributed by atoms with Crippen LogP contribution in [-0.2, 0) is 10.1 Å². The molecule has 0 aliphatic carbocycles. The minimum absolute atomic E-state index is 0. The molecule has 1 aromatic carbocycles. The van der Waals surface area contributed by atoms with Gasteiger partial charge in [-0.2, -0.15) is 0 Å². The van der Waals surface area contributed by atoms with Crippen molar-refractivity contribution in [1.82, 2.24) is 0 Å². The second-order valence-corrected chi connectivity index (χ2v) is 4.76. The second-order valence-electron chi connectivity index (χ2n) is 3.24. The molecular formula is C11H13LiO4S. The smallest absolute Gasteiger partial charge is 0.748 e. The van der Waals surface area contributed by atoms with E-state index in [1.54, 1.807) is 18.2 Å². The van der Waals surface area contributed by atoms with Gasteiger partial charge >= 0.3 is 18.9 Å². The van der Waals surface area contributed by atoms with E-state index in [0.717, 1.165) is 5.56 Å². The van der Waals surface area contributed by atoms with Gasteiger partial charge in [-0.05, 0) is 24.1 Å². The number of ether oxygens (including phenoxy) is 1. The van der Waals surface area contributed by atoms with Crippen molar-refractivity contribution in [3.8, 4) is 5.75 Å². The fourth-order valence-corrected chi connectivity index (χ4v) is 1.60. The predicted octanol–water partition coefficient (Wildman–Crippen LogP) is -1.35. The van der Waals surface area contributed by atoms with Gasteiger partial charge in [0.1, 0.15) is 5.75 Å². The first-order valence-electron chi connectivity index (χ1n) is 4.80. The van der Waals surface area contributed by atoms with Gasteiger partial charge in [0.15, 0.2) is 0 Å². The zero-order chi connectivity index (χ0) is 12.0. The van der Waals surface area contributed by atoms with Crippen LogP contribution in [0.3, 0.4) is 0 Å². The molecule has 6 heteroatoms. The molecule has 0 saturated heterocycles. The molecule has 0 heterocycles. The van der Waals surface area contributed by atoms with Crippen LogP contribution >= 0.6 is 0 Å². The van der Waals surface area contributed by atoms with E-state index in [9.17, 15) is 13.0 Å². The van der Waals surface area contributed by atoms with Gasteiger partial charge in [0, 0.05) is 5.75 Å². The van der Waals surface area contributed by atoms with E-state index in [0.29, 0.717) is 5.75 Å². The Bertz CT molecular complexity index is 439. The Morgan fingerprint density at radius 1 is 1.29 bits per heavy atom. The van der Waals surface area contributed by atoms with E-state index >= 15 is 0 Å². The predicted molar refractivity (Wildman–Crippen MR) is 61.2 cm³/mol. The average molecular weight is 248 g/mol. The largest absolute Gasteiger partial charge is 1.00 e. The summed E-state index contributed by atoms with van der Waals surface area (Å²) in [6, 6.07) is 7.21. The van der Waals surface area contributed by atoms with Crippen molar-refractivity contribution in [1.29, 1.82) is 0 Å². The van der Waals surface area contributed by atoms with Gasteiger partial charge in [-0.1, -0.05) is 24.8 Å². The maximum atomic E-state index is 10.3. The standard InChI is InChI=1S/C11H14O4S.Li/c1-2-10-4-6-11(7-5-10)15-8-3-9-16(12,13)14;/h2,4-7H,1,3,8-9H2,(H,12,13,14);/q;+1/p-1.